The molecule has 3 rings (SSSR count). The molecule has 2 heterocycles. The number of hydrogen-bond acceptors (Lipinski definition) is 5. The molecule has 0 bridgehead atoms. The number of para-hydroxylation sites is 1. The number of rotatable bonds is 4. The molecule has 0 atom stereocenters. The summed E-state index contributed by atoms with van der Waals surface area (Å²) >= 11 is 0. The zero-order chi connectivity index (χ0) is 14.7. The number of ether oxygens (including phenoxy) is 1. The number of aromatic nitrogens is 3. The maximum Gasteiger partial charge on any atom is 0.239 e. The van der Waals surface area contributed by atoms with Gasteiger partial charge < -0.3 is 10.1 Å². The topological polar surface area (TPSA) is 59.9 Å². The molecule has 2 aromatic heterocycles. The van der Waals surface area contributed by atoms with E-state index in [-0.39, 0.29) is 0 Å². The average Bonchev–Trinajstić information content (AvgIpc) is 2.49. The number of nitrogens with one attached hydrogen (secondary N) is 1. The predicted octanol–water partition coefficient (Wildman–Crippen LogP) is 3.56. The number of anilines is 1. The van der Waals surface area contributed by atoms with Crippen molar-refractivity contribution in [2.45, 2.75) is 13.8 Å². The number of nitrogens with zero attached hydrogens (tertiary/aromatic N) is 3. The molecule has 0 aliphatic carbocycles. The molecule has 1 aromatic carbocycles. The Labute approximate surface area is 123 Å². The van der Waals surface area contributed by atoms with Crippen molar-refractivity contribution in [2.75, 3.05) is 11.9 Å². The lowest BCUT2D eigenvalue weighted by molar-refractivity contribution is 0.465. The maximum absolute atomic E-state index is 5.86. The molecule has 5 heteroatoms. The molecule has 0 saturated carbocycles. The maximum atomic E-state index is 5.86. The average molecular weight is 280 g/mol. The van der Waals surface area contributed by atoms with E-state index in [9.17, 15) is 0 Å². The summed E-state index contributed by atoms with van der Waals surface area (Å²) in [5, 5.41) is 4.15. The van der Waals surface area contributed by atoms with Crippen molar-refractivity contribution in [1.29, 1.82) is 0 Å². The van der Waals surface area contributed by atoms with E-state index < -0.39 is 0 Å². The SMILES string of the molecule is CCNc1cncc(Oc2cccc3ccc(C)nc23)n1. The standard InChI is InChI=1S/C16H16N4O/c1-3-18-14-9-17-10-15(20-14)21-13-6-4-5-12-8-7-11(2)19-16(12)13/h4-10H,3H2,1-2H3,(H,18,20). The summed E-state index contributed by atoms with van der Waals surface area (Å²) in [6, 6.07) is 9.85. The van der Waals surface area contributed by atoms with Gasteiger partial charge in [-0.05, 0) is 26.0 Å². The van der Waals surface area contributed by atoms with Gasteiger partial charge in [0.15, 0.2) is 5.75 Å². The summed E-state index contributed by atoms with van der Waals surface area (Å²) in [7, 11) is 0. The quantitative estimate of drug-likeness (QED) is 0.791. The van der Waals surface area contributed by atoms with E-state index in [0.29, 0.717) is 17.4 Å². The first-order valence-corrected chi connectivity index (χ1v) is 6.86. The van der Waals surface area contributed by atoms with Crippen LogP contribution in [0.5, 0.6) is 11.6 Å². The van der Waals surface area contributed by atoms with Crippen LogP contribution in [0.2, 0.25) is 0 Å². The first-order chi connectivity index (χ1) is 10.3. The number of aryl methyl sites for hydroxylation is 1. The van der Waals surface area contributed by atoms with Gasteiger partial charge in [-0.3, -0.25) is 4.98 Å². The van der Waals surface area contributed by atoms with E-state index in [4.69, 9.17) is 4.74 Å². The lowest BCUT2D eigenvalue weighted by atomic mass is 10.2. The van der Waals surface area contributed by atoms with E-state index >= 15 is 0 Å². The largest absolute Gasteiger partial charge is 0.435 e. The highest BCUT2D eigenvalue weighted by molar-refractivity contribution is 5.84. The first-order valence-electron chi connectivity index (χ1n) is 6.86. The Bertz CT molecular complexity index is 773. The summed E-state index contributed by atoms with van der Waals surface area (Å²) in [6.07, 6.45) is 3.26. The van der Waals surface area contributed by atoms with Crippen LogP contribution >= 0.6 is 0 Å². The summed E-state index contributed by atoms with van der Waals surface area (Å²) in [5.74, 6) is 1.82. The van der Waals surface area contributed by atoms with Crippen molar-refractivity contribution in [3.05, 3.63) is 48.4 Å². The Kier molecular flexibility index (Phi) is 3.64. The highest BCUT2D eigenvalue weighted by Gasteiger charge is 2.07. The van der Waals surface area contributed by atoms with Gasteiger partial charge in [0.2, 0.25) is 5.88 Å². The van der Waals surface area contributed by atoms with Crippen LogP contribution in [0.25, 0.3) is 10.9 Å². The van der Waals surface area contributed by atoms with Gasteiger partial charge >= 0.3 is 0 Å². The monoisotopic (exact) mass is 280 g/mol. The second kappa shape index (κ2) is 5.75. The van der Waals surface area contributed by atoms with Crippen LogP contribution in [0.4, 0.5) is 5.82 Å². The summed E-state index contributed by atoms with van der Waals surface area (Å²) in [4.78, 5) is 13.0. The molecule has 0 aliphatic rings. The molecule has 106 valence electrons. The second-order valence-corrected chi connectivity index (χ2v) is 4.66. The molecule has 3 aromatic rings. The third kappa shape index (κ3) is 2.91. The van der Waals surface area contributed by atoms with Crippen LogP contribution in [-0.4, -0.2) is 21.5 Å². The Morgan fingerprint density at radius 1 is 1.10 bits per heavy atom. The van der Waals surface area contributed by atoms with Gasteiger partial charge in [0.25, 0.3) is 0 Å². The molecule has 0 unspecified atom stereocenters. The van der Waals surface area contributed by atoms with E-state index in [1.807, 2.05) is 44.2 Å². The van der Waals surface area contributed by atoms with Crippen LogP contribution in [-0.2, 0) is 0 Å². The predicted molar refractivity (Wildman–Crippen MR) is 82.7 cm³/mol. The van der Waals surface area contributed by atoms with E-state index in [0.717, 1.165) is 23.1 Å². The molecule has 5 nitrogen and oxygen atoms in total. The van der Waals surface area contributed by atoms with Crippen molar-refractivity contribution in [3.63, 3.8) is 0 Å². The van der Waals surface area contributed by atoms with Crippen LogP contribution < -0.4 is 10.1 Å². The molecule has 0 aliphatic heterocycles. The number of benzene rings is 1. The molecule has 21 heavy (non-hydrogen) atoms. The summed E-state index contributed by atoms with van der Waals surface area (Å²) in [5.41, 5.74) is 1.78. The molecule has 0 saturated heterocycles. The van der Waals surface area contributed by atoms with Gasteiger partial charge in [0.05, 0.1) is 12.4 Å². The number of hydrogen-bond donors (Lipinski definition) is 1. The molecule has 0 fully saturated rings. The van der Waals surface area contributed by atoms with Crippen LogP contribution in [0.3, 0.4) is 0 Å². The van der Waals surface area contributed by atoms with E-state index in [1.54, 1.807) is 12.4 Å². The smallest absolute Gasteiger partial charge is 0.239 e. The summed E-state index contributed by atoms with van der Waals surface area (Å²) in [6.45, 7) is 4.75. The fourth-order valence-electron chi connectivity index (χ4n) is 2.08. The van der Waals surface area contributed by atoms with Crippen LogP contribution in [0.15, 0.2) is 42.7 Å². The second-order valence-electron chi connectivity index (χ2n) is 4.66. The van der Waals surface area contributed by atoms with Gasteiger partial charge in [-0.2, -0.15) is 4.98 Å². The van der Waals surface area contributed by atoms with Gasteiger partial charge in [0.1, 0.15) is 11.3 Å². The molecular weight excluding hydrogens is 264 g/mol. The third-order valence-corrected chi connectivity index (χ3v) is 3.01. The van der Waals surface area contributed by atoms with Crippen molar-refractivity contribution >= 4 is 16.7 Å². The normalized spacial score (nSPS) is 10.6. The Balaban J connectivity index is 1.98. The fraction of sp³-hybridized carbons (Fsp3) is 0.188. The molecule has 0 amide bonds. The molecule has 0 spiro atoms. The fourth-order valence-corrected chi connectivity index (χ4v) is 2.08. The Morgan fingerprint density at radius 3 is 2.86 bits per heavy atom. The van der Waals surface area contributed by atoms with Crippen molar-refractivity contribution in [1.82, 2.24) is 15.0 Å². The zero-order valence-electron chi connectivity index (χ0n) is 12.0. The first kappa shape index (κ1) is 13.3. The van der Waals surface area contributed by atoms with Crippen LogP contribution in [0, 0.1) is 6.92 Å². The third-order valence-electron chi connectivity index (χ3n) is 3.01. The van der Waals surface area contributed by atoms with Crippen molar-refractivity contribution in [2.24, 2.45) is 0 Å². The number of pyridine rings is 1. The van der Waals surface area contributed by atoms with E-state index in [2.05, 4.69) is 20.3 Å². The molecule has 0 radical (unpaired) electrons. The Hall–Kier alpha value is -2.69. The lowest BCUT2D eigenvalue weighted by Gasteiger charge is -2.09. The minimum absolute atomic E-state index is 0.448. The molecule has 1 N–H and O–H groups in total. The van der Waals surface area contributed by atoms with Gasteiger partial charge in [-0.15, -0.1) is 0 Å². The van der Waals surface area contributed by atoms with Gasteiger partial charge in [0, 0.05) is 17.6 Å². The Morgan fingerprint density at radius 2 is 2.00 bits per heavy atom. The van der Waals surface area contributed by atoms with Gasteiger partial charge in [-0.1, -0.05) is 18.2 Å². The zero-order valence-corrected chi connectivity index (χ0v) is 12.0. The molecular formula is C16H16N4O. The lowest BCUT2D eigenvalue weighted by Crippen LogP contribution is -2.01. The summed E-state index contributed by atoms with van der Waals surface area (Å²) < 4.78 is 5.86. The van der Waals surface area contributed by atoms with Crippen molar-refractivity contribution < 1.29 is 4.74 Å². The highest BCUT2D eigenvalue weighted by Crippen LogP contribution is 2.27. The highest BCUT2D eigenvalue weighted by atomic mass is 16.5. The van der Waals surface area contributed by atoms with Gasteiger partial charge in [-0.25, -0.2) is 4.98 Å². The van der Waals surface area contributed by atoms with E-state index in [1.165, 1.54) is 0 Å². The minimum Gasteiger partial charge on any atom is -0.435 e. The van der Waals surface area contributed by atoms with Crippen LogP contribution in [0.1, 0.15) is 12.6 Å². The van der Waals surface area contributed by atoms with Crippen molar-refractivity contribution in [3.8, 4) is 11.6 Å². The number of fused-ring (bicyclic) bond motifs is 1. The minimum atomic E-state index is 0.448.